The Kier molecular flexibility index (Phi) is 4.15. The van der Waals surface area contributed by atoms with Gasteiger partial charge in [-0.15, -0.1) is 0 Å². The van der Waals surface area contributed by atoms with E-state index in [9.17, 15) is 0 Å². The molecule has 100 valence electrons. The first kappa shape index (κ1) is 13.7. The fraction of sp³-hybridized carbons (Fsp3) is 0.714. The molecule has 0 aromatic carbocycles. The maximum Gasteiger partial charge on any atom is 0.133 e. The lowest BCUT2D eigenvalue weighted by Crippen LogP contribution is -2.27. The minimum atomic E-state index is 0.372. The second-order valence-electron chi connectivity index (χ2n) is 5.66. The number of nitrogens with one attached hydrogen (secondary N) is 1. The number of rotatable bonds is 4. The van der Waals surface area contributed by atoms with Crippen molar-refractivity contribution in [2.75, 3.05) is 17.6 Å². The Hall–Kier alpha value is -0.770. The van der Waals surface area contributed by atoms with Crippen LogP contribution in [0.5, 0.6) is 0 Å². The summed E-state index contributed by atoms with van der Waals surface area (Å²) in [6.45, 7) is 9.63. The lowest BCUT2D eigenvalue weighted by atomic mass is 10.1. The minimum absolute atomic E-state index is 0.372. The first-order valence-corrected chi connectivity index (χ1v) is 7.70. The zero-order valence-electron chi connectivity index (χ0n) is 11.8. The van der Waals surface area contributed by atoms with Gasteiger partial charge >= 0.3 is 0 Å². The van der Waals surface area contributed by atoms with Crippen molar-refractivity contribution in [3.63, 3.8) is 0 Å². The van der Waals surface area contributed by atoms with E-state index in [0.717, 1.165) is 23.9 Å². The van der Waals surface area contributed by atoms with Gasteiger partial charge in [0.25, 0.3) is 0 Å². The van der Waals surface area contributed by atoms with Crippen LogP contribution in [0.25, 0.3) is 0 Å². The van der Waals surface area contributed by atoms with E-state index < -0.39 is 0 Å². The predicted molar refractivity (Wildman–Crippen MR) is 79.4 cm³/mol. The Balaban J connectivity index is 2.04. The van der Waals surface area contributed by atoms with Crippen LogP contribution in [0.1, 0.15) is 51.0 Å². The third-order valence-corrected chi connectivity index (χ3v) is 4.87. The molecule has 1 saturated heterocycles. The quantitative estimate of drug-likeness (QED) is 0.902. The van der Waals surface area contributed by atoms with Gasteiger partial charge in [0.2, 0.25) is 0 Å². The molecule has 1 unspecified atom stereocenters. The fourth-order valence-corrected chi connectivity index (χ4v) is 3.44. The van der Waals surface area contributed by atoms with E-state index in [-0.39, 0.29) is 0 Å². The van der Waals surface area contributed by atoms with Gasteiger partial charge in [-0.05, 0) is 32.4 Å². The number of aryl methyl sites for hydroxylation is 1. The zero-order chi connectivity index (χ0) is 13.2. The van der Waals surface area contributed by atoms with Gasteiger partial charge in [0.15, 0.2) is 0 Å². The molecule has 18 heavy (non-hydrogen) atoms. The van der Waals surface area contributed by atoms with Crippen LogP contribution >= 0.6 is 11.8 Å². The topological polar surface area (TPSA) is 37.8 Å². The van der Waals surface area contributed by atoms with Crippen molar-refractivity contribution in [1.29, 1.82) is 0 Å². The Bertz CT molecular complexity index is 412. The second kappa shape index (κ2) is 5.47. The highest BCUT2D eigenvalue weighted by Gasteiger charge is 2.29. The van der Waals surface area contributed by atoms with Crippen molar-refractivity contribution in [3.05, 3.63) is 17.6 Å². The molecule has 0 bridgehead atoms. The van der Waals surface area contributed by atoms with Gasteiger partial charge in [-0.1, -0.05) is 13.8 Å². The zero-order valence-corrected chi connectivity index (χ0v) is 12.6. The van der Waals surface area contributed by atoms with Gasteiger partial charge in [-0.3, -0.25) is 0 Å². The molecule has 1 aliphatic heterocycles. The van der Waals surface area contributed by atoms with E-state index in [0.29, 0.717) is 10.7 Å². The summed E-state index contributed by atoms with van der Waals surface area (Å²) in [4.78, 5) is 9.07. The number of aromatic nitrogens is 2. The van der Waals surface area contributed by atoms with Gasteiger partial charge in [-0.2, -0.15) is 11.8 Å². The summed E-state index contributed by atoms with van der Waals surface area (Å²) in [7, 11) is 0. The Morgan fingerprint density at radius 3 is 2.83 bits per heavy atom. The number of hydrogen-bond acceptors (Lipinski definition) is 4. The fourth-order valence-electron chi connectivity index (χ4n) is 2.19. The van der Waals surface area contributed by atoms with E-state index in [1.54, 1.807) is 0 Å². The van der Waals surface area contributed by atoms with Crippen LogP contribution in [0.15, 0.2) is 6.07 Å². The maximum absolute atomic E-state index is 4.59. The predicted octanol–water partition coefficient (Wildman–Crippen LogP) is 3.61. The minimum Gasteiger partial charge on any atom is -0.369 e. The molecule has 3 nitrogen and oxygen atoms in total. The number of nitrogens with zero attached hydrogens (tertiary/aromatic N) is 2. The average Bonchev–Trinajstić information content (AvgIpc) is 2.73. The van der Waals surface area contributed by atoms with Gasteiger partial charge in [0.05, 0.1) is 0 Å². The van der Waals surface area contributed by atoms with Crippen LogP contribution < -0.4 is 5.32 Å². The van der Waals surface area contributed by atoms with Crippen molar-refractivity contribution >= 4 is 17.6 Å². The molecular formula is C14H23N3S. The SMILES string of the molecule is Cc1cc(NCC2(C)CCCS2)nc(C(C)C)n1. The lowest BCUT2D eigenvalue weighted by Gasteiger charge is -2.23. The van der Waals surface area contributed by atoms with Crippen LogP contribution in [-0.4, -0.2) is 27.0 Å². The summed E-state index contributed by atoms with van der Waals surface area (Å²) in [6.07, 6.45) is 2.63. The Labute approximate surface area is 114 Å². The normalized spacial score (nSPS) is 23.6. The van der Waals surface area contributed by atoms with Crippen molar-refractivity contribution in [3.8, 4) is 0 Å². The number of hydrogen-bond donors (Lipinski definition) is 1. The Morgan fingerprint density at radius 2 is 2.22 bits per heavy atom. The van der Waals surface area contributed by atoms with Crippen molar-refractivity contribution in [1.82, 2.24) is 9.97 Å². The largest absolute Gasteiger partial charge is 0.369 e. The molecule has 2 heterocycles. The van der Waals surface area contributed by atoms with Crippen molar-refractivity contribution in [2.45, 2.75) is 51.2 Å². The standard InChI is InChI=1S/C14H23N3S/c1-10(2)13-16-11(3)8-12(17-13)15-9-14(4)6-5-7-18-14/h8,10H,5-7,9H2,1-4H3,(H,15,16,17). The molecule has 0 saturated carbocycles. The van der Waals surface area contributed by atoms with E-state index in [1.807, 2.05) is 13.0 Å². The molecule has 0 spiro atoms. The van der Waals surface area contributed by atoms with Crippen LogP contribution in [-0.2, 0) is 0 Å². The van der Waals surface area contributed by atoms with Crippen molar-refractivity contribution in [2.24, 2.45) is 0 Å². The highest BCUT2D eigenvalue weighted by Crippen LogP contribution is 2.37. The third-order valence-electron chi connectivity index (χ3n) is 3.33. The van der Waals surface area contributed by atoms with Crippen LogP contribution in [0.3, 0.4) is 0 Å². The molecule has 1 atom stereocenters. The molecule has 0 radical (unpaired) electrons. The first-order chi connectivity index (χ1) is 8.48. The van der Waals surface area contributed by atoms with Crippen LogP contribution in [0, 0.1) is 6.92 Å². The molecule has 1 aromatic heterocycles. The molecular weight excluding hydrogens is 242 g/mol. The molecule has 0 amide bonds. The van der Waals surface area contributed by atoms with E-state index in [1.165, 1.54) is 18.6 Å². The maximum atomic E-state index is 4.59. The summed E-state index contributed by atoms with van der Waals surface area (Å²) >= 11 is 2.07. The van der Waals surface area contributed by atoms with E-state index in [2.05, 4.69) is 47.8 Å². The average molecular weight is 265 g/mol. The molecule has 0 aliphatic carbocycles. The van der Waals surface area contributed by atoms with E-state index >= 15 is 0 Å². The van der Waals surface area contributed by atoms with Gasteiger partial charge in [0, 0.05) is 29.0 Å². The number of anilines is 1. The van der Waals surface area contributed by atoms with Crippen LogP contribution in [0.4, 0.5) is 5.82 Å². The lowest BCUT2D eigenvalue weighted by molar-refractivity contribution is 0.632. The number of thioether (sulfide) groups is 1. The molecule has 1 aliphatic rings. The Morgan fingerprint density at radius 1 is 1.44 bits per heavy atom. The van der Waals surface area contributed by atoms with Gasteiger partial charge < -0.3 is 5.32 Å². The van der Waals surface area contributed by atoms with E-state index in [4.69, 9.17) is 0 Å². The highest BCUT2D eigenvalue weighted by molar-refractivity contribution is 8.00. The summed E-state index contributed by atoms with van der Waals surface area (Å²) in [5.74, 6) is 3.57. The highest BCUT2D eigenvalue weighted by atomic mass is 32.2. The van der Waals surface area contributed by atoms with Gasteiger partial charge in [-0.25, -0.2) is 9.97 Å². The summed E-state index contributed by atoms with van der Waals surface area (Å²) in [6, 6.07) is 2.04. The third kappa shape index (κ3) is 3.37. The smallest absolute Gasteiger partial charge is 0.133 e. The van der Waals surface area contributed by atoms with Gasteiger partial charge in [0.1, 0.15) is 11.6 Å². The second-order valence-corrected chi connectivity index (χ2v) is 7.35. The summed E-state index contributed by atoms with van der Waals surface area (Å²) in [5, 5.41) is 3.49. The van der Waals surface area contributed by atoms with Crippen molar-refractivity contribution < 1.29 is 0 Å². The summed E-state index contributed by atoms with van der Waals surface area (Å²) in [5.41, 5.74) is 1.04. The summed E-state index contributed by atoms with van der Waals surface area (Å²) < 4.78 is 0.372. The molecule has 2 rings (SSSR count). The monoisotopic (exact) mass is 265 g/mol. The van der Waals surface area contributed by atoms with Crippen LogP contribution in [0.2, 0.25) is 0 Å². The molecule has 1 N–H and O–H groups in total. The first-order valence-electron chi connectivity index (χ1n) is 6.72. The molecule has 1 fully saturated rings. The molecule has 4 heteroatoms. The molecule has 1 aromatic rings.